The van der Waals surface area contributed by atoms with E-state index in [0.717, 1.165) is 29.9 Å². The van der Waals surface area contributed by atoms with Gasteiger partial charge in [-0.1, -0.05) is 24.6 Å². The van der Waals surface area contributed by atoms with E-state index in [1.54, 1.807) is 0 Å². The number of thiophene rings is 1. The summed E-state index contributed by atoms with van der Waals surface area (Å²) < 4.78 is 0. The van der Waals surface area contributed by atoms with Gasteiger partial charge in [-0.2, -0.15) is 0 Å². The molecule has 1 amide bonds. The number of hydrogen-bond donors (Lipinski definition) is 2. The van der Waals surface area contributed by atoms with Gasteiger partial charge in [-0.05, 0) is 63.3 Å². The van der Waals surface area contributed by atoms with Gasteiger partial charge in [0, 0.05) is 12.2 Å². The van der Waals surface area contributed by atoms with Crippen LogP contribution in [0.5, 0.6) is 0 Å². The summed E-state index contributed by atoms with van der Waals surface area (Å²) in [5.74, 6) is 1.14. The van der Waals surface area contributed by atoms with Crippen LogP contribution in [0.2, 0.25) is 0 Å². The Labute approximate surface area is 180 Å². The quantitative estimate of drug-likeness (QED) is 0.651. The number of nitrogens with zero attached hydrogens (tertiary/aromatic N) is 2. The second-order valence-electron chi connectivity index (χ2n) is 8.50. The number of H-pyrrole nitrogens is 1. The van der Waals surface area contributed by atoms with Crippen molar-refractivity contribution < 1.29 is 4.79 Å². The van der Waals surface area contributed by atoms with Crippen molar-refractivity contribution in [3.63, 3.8) is 0 Å². The molecule has 30 heavy (non-hydrogen) atoms. The minimum atomic E-state index is -0.201. The van der Waals surface area contributed by atoms with Crippen molar-refractivity contribution in [3.8, 4) is 0 Å². The van der Waals surface area contributed by atoms with Crippen LogP contribution in [-0.4, -0.2) is 33.9 Å². The van der Waals surface area contributed by atoms with E-state index in [4.69, 9.17) is 4.98 Å². The number of rotatable bonds is 4. The predicted molar refractivity (Wildman–Crippen MR) is 123 cm³/mol. The lowest BCUT2D eigenvalue weighted by atomic mass is 10.0. The minimum Gasteiger partial charge on any atom is -0.321 e. The molecule has 1 aliphatic heterocycles. The summed E-state index contributed by atoms with van der Waals surface area (Å²) in [6, 6.07) is 5.92. The molecule has 0 aliphatic carbocycles. The largest absolute Gasteiger partial charge is 0.321 e. The van der Waals surface area contributed by atoms with Crippen LogP contribution < -0.4 is 10.9 Å². The Morgan fingerprint density at radius 3 is 2.87 bits per heavy atom. The molecule has 1 aliphatic rings. The molecule has 0 radical (unpaired) electrons. The normalized spacial score (nSPS) is 17.4. The Kier molecular flexibility index (Phi) is 5.75. The summed E-state index contributed by atoms with van der Waals surface area (Å²) in [5, 5.41) is 3.50. The number of nitrogens with one attached hydrogen (secondary N) is 2. The number of anilines is 1. The number of benzene rings is 1. The van der Waals surface area contributed by atoms with Gasteiger partial charge in [-0.25, -0.2) is 4.98 Å². The second kappa shape index (κ2) is 8.32. The van der Waals surface area contributed by atoms with Crippen LogP contribution in [0.25, 0.3) is 10.2 Å². The maximum atomic E-state index is 12.9. The third kappa shape index (κ3) is 4.18. The van der Waals surface area contributed by atoms with Gasteiger partial charge in [-0.15, -0.1) is 11.3 Å². The molecule has 0 saturated carbocycles. The predicted octanol–water partition coefficient (Wildman–Crippen LogP) is 4.39. The number of carbonyl (C=O) groups is 1. The molecule has 4 rings (SSSR count). The van der Waals surface area contributed by atoms with E-state index in [9.17, 15) is 9.59 Å². The van der Waals surface area contributed by atoms with Gasteiger partial charge in [0.25, 0.3) is 11.5 Å². The van der Waals surface area contributed by atoms with Crippen molar-refractivity contribution in [1.29, 1.82) is 0 Å². The third-order valence-corrected chi connectivity index (χ3v) is 6.98. The van der Waals surface area contributed by atoms with E-state index in [1.807, 2.05) is 39.0 Å². The van der Waals surface area contributed by atoms with E-state index in [0.29, 0.717) is 38.9 Å². The van der Waals surface area contributed by atoms with Crippen molar-refractivity contribution in [1.82, 2.24) is 14.9 Å². The molecule has 1 atom stereocenters. The summed E-state index contributed by atoms with van der Waals surface area (Å²) in [6.45, 7) is 10.8. The van der Waals surface area contributed by atoms with Crippen LogP contribution in [-0.2, 0) is 6.54 Å². The monoisotopic (exact) mass is 424 g/mol. The van der Waals surface area contributed by atoms with Crippen molar-refractivity contribution in [2.75, 3.05) is 18.4 Å². The molecule has 3 aromatic rings. The fourth-order valence-corrected chi connectivity index (χ4v) is 5.35. The van der Waals surface area contributed by atoms with Gasteiger partial charge in [0.05, 0.1) is 16.8 Å². The van der Waals surface area contributed by atoms with Crippen LogP contribution in [0.1, 0.15) is 52.0 Å². The zero-order chi connectivity index (χ0) is 21.4. The third-order valence-electron chi connectivity index (χ3n) is 5.80. The Hall–Kier alpha value is -2.51. The fraction of sp³-hybridized carbons (Fsp3) is 0.435. The molecule has 2 aromatic heterocycles. The number of hydrogen-bond acceptors (Lipinski definition) is 5. The van der Waals surface area contributed by atoms with E-state index < -0.39 is 0 Å². The Bertz CT molecular complexity index is 1160. The van der Waals surface area contributed by atoms with Gasteiger partial charge in [0.2, 0.25) is 0 Å². The SMILES string of the molecule is Cc1ccc(NC(=O)c2sc3nc(CN4CCCC(C)C4)[nH]c(=O)c3c2C)c(C)c1. The van der Waals surface area contributed by atoms with Gasteiger partial charge in [0.15, 0.2) is 0 Å². The van der Waals surface area contributed by atoms with Crippen molar-refractivity contribution in [2.45, 2.75) is 47.1 Å². The summed E-state index contributed by atoms with van der Waals surface area (Å²) in [4.78, 5) is 36.8. The Morgan fingerprint density at radius 1 is 1.33 bits per heavy atom. The van der Waals surface area contributed by atoms with E-state index in [2.05, 4.69) is 22.1 Å². The van der Waals surface area contributed by atoms with Gasteiger partial charge in [-0.3, -0.25) is 14.5 Å². The van der Waals surface area contributed by atoms with Crippen LogP contribution in [0, 0.1) is 26.7 Å². The molecule has 7 heteroatoms. The molecule has 1 fully saturated rings. The number of fused-ring (bicyclic) bond motifs is 1. The minimum absolute atomic E-state index is 0.167. The lowest BCUT2D eigenvalue weighted by molar-refractivity contribution is 0.103. The summed E-state index contributed by atoms with van der Waals surface area (Å²) >= 11 is 1.29. The molecule has 2 N–H and O–H groups in total. The second-order valence-corrected chi connectivity index (χ2v) is 9.50. The highest BCUT2D eigenvalue weighted by atomic mass is 32.1. The molecule has 0 spiro atoms. The first-order chi connectivity index (χ1) is 14.3. The highest BCUT2D eigenvalue weighted by molar-refractivity contribution is 7.20. The molecule has 1 unspecified atom stereocenters. The number of aromatic nitrogens is 2. The highest BCUT2D eigenvalue weighted by Crippen LogP contribution is 2.28. The van der Waals surface area contributed by atoms with Crippen molar-refractivity contribution >= 4 is 33.1 Å². The van der Waals surface area contributed by atoms with E-state index in [-0.39, 0.29) is 11.5 Å². The molecule has 158 valence electrons. The first-order valence-corrected chi connectivity index (χ1v) is 11.3. The van der Waals surface area contributed by atoms with Gasteiger partial charge >= 0.3 is 0 Å². The number of amides is 1. The van der Waals surface area contributed by atoms with Crippen LogP contribution in [0.4, 0.5) is 5.69 Å². The first kappa shape index (κ1) is 20.8. The number of aryl methyl sites for hydroxylation is 3. The summed E-state index contributed by atoms with van der Waals surface area (Å²) in [5.41, 5.74) is 3.46. The van der Waals surface area contributed by atoms with E-state index >= 15 is 0 Å². The van der Waals surface area contributed by atoms with Gasteiger partial charge in [0.1, 0.15) is 10.7 Å². The lowest BCUT2D eigenvalue weighted by Crippen LogP contribution is -2.34. The molecule has 6 nitrogen and oxygen atoms in total. The van der Waals surface area contributed by atoms with Gasteiger partial charge < -0.3 is 10.3 Å². The number of aromatic amines is 1. The molecule has 1 saturated heterocycles. The Morgan fingerprint density at radius 2 is 2.13 bits per heavy atom. The first-order valence-electron chi connectivity index (χ1n) is 10.4. The zero-order valence-electron chi connectivity index (χ0n) is 18.0. The summed E-state index contributed by atoms with van der Waals surface area (Å²) in [6.07, 6.45) is 2.43. The van der Waals surface area contributed by atoms with Crippen molar-refractivity contribution in [3.05, 3.63) is 55.9 Å². The van der Waals surface area contributed by atoms with Crippen LogP contribution in [0.15, 0.2) is 23.0 Å². The zero-order valence-corrected chi connectivity index (χ0v) is 18.8. The molecular formula is C23H28N4O2S. The van der Waals surface area contributed by atoms with Crippen LogP contribution in [0.3, 0.4) is 0 Å². The number of carbonyl (C=O) groups excluding carboxylic acids is 1. The maximum absolute atomic E-state index is 12.9. The topological polar surface area (TPSA) is 78.1 Å². The molecule has 3 heterocycles. The standard InChI is InChI=1S/C23H28N4O2S/c1-13-7-8-17(15(3)10-13)24-22(29)20-16(4)19-21(28)25-18(26-23(19)30-20)12-27-9-5-6-14(2)11-27/h7-8,10,14H,5-6,9,11-12H2,1-4H3,(H,24,29)(H,25,26,28). The highest BCUT2D eigenvalue weighted by Gasteiger charge is 2.21. The summed E-state index contributed by atoms with van der Waals surface area (Å²) in [7, 11) is 0. The average Bonchev–Trinajstić information content (AvgIpc) is 3.01. The lowest BCUT2D eigenvalue weighted by Gasteiger charge is -2.30. The van der Waals surface area contributed by atoms with Crippen molar-refractivity contribution in [2.24, 2.45) is 5.92 Å². The molecule has 1 aromatic carbocycles. The number of likely N-dealkylation sites (tertiary alicyclic amines) is 1. The van der Waals surface area contributed by atoms with Crippen LogP contribution >= 0.6 is 11.3 Å². The maximum Gasteiger partial charge on any atom is 0.266 e. The molecular weight excluding hydrogens is 396 g/mol. The smallest absolute Gasteiger partial charge is 0.266 e. The average molecular weight is 425 g/mol. The number of piperidine rings is 1. The Balaban J connectivity index is 1.61. The molecule has 0 bridgehead atoms. The fourth-order valence-electron chi connectivity index (χ4n) is 4.25. The van der Waals surface area contributed by atoms with E-state index in [1.165, 1.54) is 24.2 Å².